The Hall–Kier alpha value is -3.81. The van der Waals surface area contributed by atoms with Gasteiger partial charge in [0.05, 0.1) is 6.33 Å². The summed E-state index contributed by atoms with van der Waals surface area (Å²) in [7, 11) is 0. The van der Waals surface area contributed by atoms with Crippen LogP contribution in [0, 0.1) is 0 Å². The lowest BCUT2D eigenvalue weighted by atomic mass is 10.1. The van der Waals surface area contributed by atoms with Gasteiger partial charge < -0.3 is 24.2 Å². The number of ether oxygens (including phenoxy) is 4. The Kier molecular flexibility index (Phi) is 6.53. The van der Waals surface area contributed by atoms with Crippen molar-refractivity contribution in [1.82, 2.24) is 19.3 Å². The molecule has 3 heterocycles. The highest BCUT2D eigenvalue weighted by Gasteiger charge is 2.51. The Morgan fingerprint density at radius 3 is 2.28 bits per heavy atom. The van der Waals surface area contributed by atoms with Crippen LogP contribution >= 0.6 is 0 Å². The second-order valence-corrected chi connectivity index (χ2v) is 6.88. The van der Waals surface area contributed by atoms with E-state index in [9.17, 15) is 24.4 Å². The van der Waals surface area contributed by atoms with Crippen molar-refractivity contribution in [3.8, 4) is 0 Å². The van der Waals surface area contributed by atoms with E-state index in [0.717, 1.165) is 6.33 Å². The molecule has 0 radical (unpaired) electrons. The molecule has 0 unspecified atom stereocenters. The highest BCUT2D eigenvalue weighted by atomic mass is 16.7. The van der Waals surface area contributed by atoms with E-state index in [1.807, 2.05) is 0 Å². The number of esters is 3. The maximum Gasteiger partial charge on any atom is 0.303 e. The molecular formula is C18H21N5O9. The average Bonchev–Trinajstić information content (AvgIpc) is 3.23. The molecule has 0 bridgehead atoms. The molecule has 4 atom stereocenters. The van der Waals surface area contributed by atoms with Crippen molar-refractivity contribution in [2.45, 2.75) is 52.2 Å². The number of amides is 1. The van der Waals surface area contributed by atoms with Crippen molar-refractivity contribution in [2.24, 2.45) is 4.99 Å². The van der Waals surface area contributed by atoms with Gasteiger partial charge in [-0.3, -0.25) is 23.7 Å². The predicted molar refractivity (Wildman–Crippen MR) is 101 cm³/mol. The number of hydrogen-bond acceptors (Lipinski definition) is 11. The summed E-state index contributed by atoms with van der Waals surface area (Å²) < 4.78 is 23.5. The topological polar surface area (TPSA) is 173 Å². The smallest absolute Gasteiger partial charge is 0.303 e. The summed E-state index contributed by atoms with van der Waals surface area (Å²) in [6.45, 7) is 4.47. The Labute approximate surface area is 180 Å². The molecule has 2 aromatic heterocycles. The third-order valence-corrected chi connectivity index (χ3v) is 4.36. The van der Waals surface area contributed by atoms with Crippen LogP contribution in [0.5, 0.6) is 0 Å². The van der Waals surface area contributed by atoms with Crippen molar-refractivity contribution in [3.63, 3.8) is 0 Å². The Bertz CT molecular complexity index is 1140. The van der Waals surface area contributed by atoms with Crippen LogP contribution in [0.15, 0.2) is 17.6 Å². The zero-order valence-electron chi connectivity index (χ0n) is 17.6. The first kappa shape index (κ1) is 22.9. The van der Waals surface area contributed by atoms with Gasteiger partial charge in [-0.2, -0.15) is 9.72 Å². The molecule has 0 spiro atoms. The molecule has 14 nitrogen and oxygen atoms in total. The molecule has 1 aliphatic rings. The van der Waals surface area contributed by atoms with Crippen molar-refractivity contribution in [3.05, 3.63) is 18.1 Å². The lowest BCUT2D eigenvalue weighted by Gasteiger charge is -2.23. The normalized spacial score (nSPS) is 23.2. The Morgan fingerprint density at radius 2 is 1.69 bits per heavy atom. The Balaban J connectivity index is 2.10. The summed E-state index contributed by atoms with van der Waals surface area (Å²) in [6, 6.07) is 0. The fourth-order valence-corrected chi connectivity index (χ4v) is 3.27. The fraction of sp³-hybridized carbons (Fsp3) is 0.500. The van der Waals surface area contributed by atoms with E-state index in [1.54, 1.807) is 0 Å². The van der Waals surface area contributed by atoms with Crippen LogP contribution in [0.4, 0.5) is 0 Å². The highest BCUT2D eigenvalue weighted by molar-refractivity contribution is 5.76. The third kappa shape index (κ3) is 4.74. The van der Waals surface area contributed by atoms with Gasteiger partial charge in [-0.1, -0.05) is 0 Å². The molecule has 1 aliphatic heterocycles. The second-order valence-electron chi connectivity index (χ2n) is 6.88. The lowest BCUT2D eigenvalue weighted by molar-refractivity contribution is -0.166. The van der Waals surface area contributed by atoms with Gasteiger partial charge in [0.15, 0.2) is 29.6 Å². The van der Waals surface area contributed by atoms with Crippen LogP contribution in [-0.4, -0.2) is 73.2 Å². The first-order valence-electron chi connectivity index (χ1n) is 9.40. The van der Waals surface area contributed by atoms with E-state index in [4.69, 9.17) is 18.9 Å². The number of hydrogen-bond donors (Lipinski definition) is 1. The maximum absolute atomic E-state index is 11.8. The largest absolute Gasteiger partial charge is 0.463 e. The standard InChI is InChI=1S/C18H21N5O9/c1-8(24)21-17-13-16(20-7-23(17)28)22(6-19-13)18-15(31-11(4)27)14(30-10(3)26)12(32-18)5-29-9(2)25/h6-7,12,14-15,18,28H,5H2,1-4H3/t12-,14-,15-,18-/m1/s1. The second kappa shape index (κ2) is 9.13. The van der Waals surface area contributed by atoms with Crippen LogP contribution in [0.2, 0.25) is 0 Å². The van der Waals surface area contributed by atoms with Crippen LogP contribution in [0.3, 0.4) is 0 Å². The Morgan fingerprint density at radius 1 is 1.03 bits per heavy atom. The predicted octanol–water partition coefficient (Wildman–Crippen LogP) is -0.759. The summed E-state index contributed by atoms with van der Waals surface area (Å²) >= 11 is 0. The number of imidazole rings is 1. The van der Waals surface area contributed by atoms with Crippen molar-refractivity contribution < 1.29 is 43.3 Å². The third-order valence-electron chi connectivity index (χ3n) is 4.36. The van der Waals surface area contributed by atoms with E-state index in [-0.39, 0.29) is 23.3 Å². The molecule has 1 fully saturated rings. The quantitative estimate of drug-likeness (QED) is 0.344. The van der Waals surface area contributed by atoms with Gasteiger partial charge in [-0.15, -0.1) is 0 Å². The maximum atomic E-state index is 11.8. The minimum atomic E-state index is -1.15. The molecule has 1 saturated heterocycles. The molecule has 0 aromatic carbocycles. The number of aromatic nitrogens is 4. The van der Waals surface area contributed by atoms with Crippen LogP contribution in [0.1, 0.15) is 33.9 Å². The average molecular weight is 451 g/mol. The molecule has 2 aromatic rings. The highest BCUT2D eigenvalue weighted by Crippen LogP contribution is 2.35. The van der Waals surface area contributed by atoms with E-state index in [0.29, 0.717) is 4.73 Å². The molecule has 3 rings (SSSR count). The molecule has 14 heteroatoms. The lowest BCUT2D eigenvalue weighted by Crippen LogP contribution is -2.40. The molecule has 0 aliphatic carbocycles. The monoisotopic (exact) mass is 451 g/mol. The van der Waals surface area contributed by atoms with Crippen molar-refractivity contribution in [2.75, 3.05) is 6.61 Å². The van der Waals surface area contributed by atoms with E-state index in [2.05, 4.69) is 15.0 Å². The zero-order chi connectivity index (χ0) is 23.6. The van der Waals surface area contributed by atoms with Gasteiger partial charge in [0.2, 0.25) is 11.4 Å². The van der Waals surface area contributed by atoms with Gasteiger partial charge in [0.25, 0.3) is 0 Å². The minimum Gasteiger partial charge on any atom is -0.463 e. The number of fused-ring (bicyclic) bond motifs is 1. The fourth-order valence-electron chi connectivity index (χ4n) is 3.27. The summed E-state index contributed by atoms with van der Waals surface area (Å²) in [5, 5.41) is 9.96. The summed E-state index contributed by atoms with van der Waals surface area (Å²) in [5.74, 6) is -2.50. The van der Waals surface area contributed by atoms with Gasteiger partial charge in [0.1, 0.15) is 19.0 Å². The minimum absolute atomic E-state index is 0.0582. The first-order valence-corrected chi connectivity index (χ1v) is 9.40. The van der Waals surface area contributed by atoms with Gasteiger partial charge in [-0.05, 0) is 0 Å². The molecule has 1 N–H and O–H groups in total. The van der Waals surface area contributed by atoms with Gasteiger partial charge >= 0.3 is 17.9 Å². The molecule has 32 heavy (non-hydrogen) atoms. The summed E-state index contributed by atoms with van der Waals surface area (Å²) in [5.41, 5.74) is 0.0197. The van der Waals surface area contributed by atoms with Crippen LogP contribution in [-0.2, 0) is 38.1 Å². The first-order chi connectivity index (χ1) is 15.1. The number of carbonyl (C=O) groups is 4. The van der Waals surface area contributed by atoms with E-state index < -0.39 is 48.4 Å². The van der Waals surface area contributed by atoms with Crippen LogP contribution < -0.4 is 5.49 Å². The van der Waals surface area contributed by atoms with Crippen molar-refractivity contribution in [1.29, 1.82) is 0 Å². The zero-order valence-corrected chi connectivity index (χ0v) is 17.6. The molecule has 172 valence electrons. The molecule has 0 saturated carbocycles. The van der Waals surface area contributed by atoms with E-state index >= 15 is 0 Å². The van der Waals surface area contributed by atoms with Crippen molar-refractivity contribution >= 4 is 35.0 Å². The molecular weight excluding hydrogens is 430 g/mol. The molecule has 1 amide bonds. The SMILES string of the molecule is CC(=O)N=c1c2ncn([C@@H]3O[C@H](COC(C)=O)[C@@H](OC(C)=O)[C@H]3OC(C)=O)c2ncn1O. The number of carbonyl (C=O) groups excluding carboxylic acids is 4. The van der Waals surface area contributed by atoms with Crippen LogP contribution in [0.25, 0.3) is 11.2 Å². The number of nitrogens with zero attached hydrogens (tertiary/aromatic N) is 5. The summed E-state index contributed by atoms with van der Waals surface area (Å²) in [4.78, 5) is 58.1. The van der Waals surface area contributed by atoms with E-state index in [1.165, 1.54) is 38.6 Å². The van der Waals surface area contributed by atoms with Gasteiger partial charge in [0, 0.05) is 27.7 Å². The van der Waals surface area contributed by atoms with Gasteiger partial charge in [-0.25, -0.2) is 9.97 Å². The summed E-state index contributed by atoms with van der Waals surface area (Å²) in [6.07, 6.45) is -2.05. The number of rotatable bonds is 5.